The van der Waals surface area contributed by atoms with Crippen molar-refractivity contribution in [3.8, 4) is 0 Å². The van der Waals surface area contributed by atoms with Gasteiger partial charge in [0.05, 0.1) is 16.8 Å². The van der Waals surface area contributed by atoms with Gasteiger partial charge in [0.25, 0.3) is 0 Å². The normalized spacial score (nSPS) is 11.8. The highest BCUT2D eigenvalue weighted by Crippen LogP contribution is 2.12. The highest BCUT2D eigenvalue weighted by atomic mass is 16.5. The molecule has 0 fully saturated rings. The summed E-state index contributed by atoms with van der Waals surface area (Å²) in [6.45, 7) is 31.3. The zero-order chi connectivity index (χ0) is 23.9. The molecule has 1 aromatic rings. The minimum Gasteiger partial charge on any atom is -0.492 e. The zero-order valence-corrected chi connectivity index (χ0v) is 20.6. The van der Waals surface area contributed by atoms with E-state index < -0.39 is 0 Å². The molecule has 0 unspecified atom stereocenters. The van der Waals surface area contributed by atoms with Crippen molar-refractivity contribution in [3.63, 3.8) is 0 Å². The summed E-state index contributed by atoms with van der Waals surface area (Å²) in [5.74, 6) is 0.795. The summed E-state index contributed by atoms with van der Waals surface area (Å²) in [6, 6.07) is 3.95. The molecule has 0 aliphatic rings. The molecule has 0 spiro atoms. The minimum absolute atomic E-state index is 0.395. The van der Waals surface area contributed by atoms with Crippen LogP contribution in [0.1, 0.15) is 61.1 Å². The molecule has 166 valence electrons. The third-order valence-electron chi connectivity index (χ3n) is 3.38. The Labute approximate surface area is 186 Å². The van der Waals surface area contributed by atoms with Gasteiger partial charge in [0.1, 0.15) is 6.61 Å². The molecular formula is C28H43NO. The Balaban J connectivity index is -0.00000111. The Hall–Kier alpha value is -2.87. The van der Waals surface area contributed by atoms with E-state index in [1.807, 2.05) is 85.8 Å². The van der Waals surface area contributed by atoms with Crippen LogP contribution in [0.25, 0.3) is 12.2 Å². The number of hydrogen-bond acceptors (Lipinski definition) is 2. The summed E-state index contributed by atoms with van der Waals surface area (Å²) >= 11 is 0. The number of nitrogens with zero attached hydrogens (tertiary/aromatic N) is 1. The topological polar surface area (TPSA) is 22.1 Å². The monoisotopic (exact) mass is 409 g/mol. The van der Waals surface area contributed by atoms with Crippen molar-refractivity contribution < 1.29 is 4.74 Å². The van der Waals surface area contributed by atoms with Gasteiger partial charge >= 0.3 is 0 Å². The van der Waals surface area contributed by atoms with Gasteiger partial charge in [0.15, 0.2) is 0 Å². The highest BCUT2D eigenvalue weighted by molar-refractivity contribution is 5.41. The van der Waals surface area contributed by atoms with Crippen LogP contribution in [0, 0.1) is 0 Å². The van der Waals surface area contributed by atoms with Crippen molar-refractivity contribution in [1.29, 1.82) is 0 Å². The largest absolute Gasteiger partial charge is 0.492 e. The Kier molecular flexibility index (Phi) is 23.8. The molecule has 0 amide bonds. The molecule has 0 bridgehead atoms. The van der Waals surface area contributed by atoms with Crippen LogP contribution < -0.4 is 10.6 Å². The number of rotatable bonds is 8. The highest BCUT2D eigenvalue weighted by Gasteiger charge is 1.99. The summed E-state index contributed by atoms with van der Waals surface area (Å²) in [7, 11) is 0. The Morgan fingerprint density at radius 3 is 1.90 bits per heavy atom. The van der Waals surface area contributed by atoms with Gasteiger partial charge in [-0.1, -0.05) is 104 Å². The third-order valence-corrected chi connectivity index (χ3v) is 3.38. The molecule has 0 saturated carbocycles. The molecule has 0 saturated heterocycles. The molecule has 1 heterocycles. The minimum atomic E-state index is 0.395. The first kappa shape index (κ1) is 31.8. The molecule has 0 aliphatic carbocycles. The van der Waals surface area contributed by atoms with E-state index in [0.717, 1.165) is 33.2 Å². The Morgan fingerprint density at radius 1 is 0.867 bits per heavy atom. The van der Waals surface area contributed by atoms with Crippen LogP contribution in [0.15, 0.2) is 85.7 Å². The van der Waals surface area contributed by atoms with Crippen molar-refractivity contribution in [2.24, 2.45) is 0 Å². The lowest BCUT2D eigenvalue weighted by Gasteiger charge is -2.07. The van der Waals surface area contributed by atoms with E-state index in [4.69, 9.17) is 4.74 Å². The van der Waals surface area contributed by atoms with E-state index in [-0.39, 0.29) is 0 Å². The maximum atomic E-state index is 5.80. The van der Waals surface area contributed by atoms with Crippen molar-refractivity contribution in [3.05, 3.63) is 102 Å². The van der Waals surface area contributed by atoms with Gasteiger partial charge in [-0.15, -0.1) is 0 Å². The first-order chi connectivity index (χ1) is 14.5. The molecule has 1 rings (SSSR count). The second kappa shape index (κ2) is 22.4. The molecule has 1 aromatic heterocycles. The average Bonchev–Trinajstić information content (AvgIpc) is 2.81. The second-order valence-corrected chi connectivity index (χ2v) is 5.17. The second-order valence-electron chi connectivity index (χ2n) is 5.17. The van der Waals surface area contributed by atoms with E-state index in [9.17, 15) is 0 Å². The van der Waals surface area contributed by atoms with Gasteiger partial charge < -0.3 is 4.74 Å². The van der Waals surface area contributed by atoms with Gasteiger partial charge in [0.2, 0.25) is 0 Å². The Morgan fingerprint density at radius 2 is 1.43 bits per heavy atom. The molecule has 0 atom stereocenters. The smallest absolute Gasteiger partial charge is 0.130 e. The van der Waals surface area contributed by atoms with E-state index in [1.54, 1.807) is 24.3 Å². The van der Waals surface area contributed by atoms with Crippen LogP contribution in [0.4, 0.5) is 0 Å². The molecule has 0 aromatic carbocycles. The van der Waals surface area contributed by atoms with Crippen molar-refractivity contribution in [1.82, 2.24) is 4.98 Å². The summed E-state index contributed by atoms with van der Waals surface area (Å²) in [5.41, 5.74) is 2.90. The SMILES string of the molecule is C=C/C=c1/ccc(CO/C(C)=C/C(C=C)=C(\C)C=C)n/c1=C/C=C.CC.CC.CC. The van der Waals surface area contributed by atoms with Crippen LogP contribution in [-0.2, 0) is 11.3 Å². The number of aromatic nitrogens is 1. The lowest BCUT2D eigenvalue weighted by molar-refractivity contribution is 0.197. The number of ether oxygens (including phenoxy) is 1. The molecule has 0 aliphatic heterocycles. The van der Waals surface area contributed by atoms with Gasteiger partial charge in [-0.05, 0) is 43.2 Å². The number of allylic oxidation sites excluding steroid dienone is 8. The molecule has 2 nitrogen and oxygen atoms in total. The molecular weight excluding hydrogens is 366 g/mol. The predicted octanol–water partition coefficient (Wildman–Crippen LogP) is 7.20. The standard InChI is InChI=1S/C22H25NO.3C2H6/c1-7-11-20-13-14-21(23-22(20)12-8-2)16-24-18(6)15-19(10-4)17(5)9-3;3*1-2/h7-15H,1-4,16H2,5-6H3;3*1-2H3/b18-15+,19-17+,20-11-,22-12+;;;. The summed E-state index contributed by atoms with van der Waals surface area (Å²) in [6.07, 6.45) is 12.8. The molecule has 0 radical (unpaired) electrons. The van der Waals surface area contributed by atoms with Crippen LogP contribution in [0.3, 0.4) is 0 Å². The van der Waals surface area contributed by atoms with Crippen LogP contribution >= 0.6 is 0 Å². The lowest BCUT2D eigenvalue weighted by atomic mass is 10.1. The fraction of sp³-hybridized carbons (Fsp3) is 0.321. The molecule has 0 N–H and O–H groups in total. The van der Waals surface area contributed by atoms with Gasteiger partial charge in [-0.2, -0.15) is 0 Å². The lowest BCUT2D eigenvalue weighted by Crippen LogP contribution is -2.28. The van der Waals surface area contributed by atoms with E-state index in [2.05, 4.69) is 31.3 Å². The quantitative estimate of drug-likeness (QED) is 0.334. The number of pyridine rings is 1. The fourth-order valence-electron chi connectivity index (χ4n) is 2.02. The van der Waals surface area contributed by atoms with Crippen molar-refractivity contribution in [2.75, 3.05) is 0 Å². The number of hydrogen-bond donors (Lipinski definition) is 0. The first-order valence-corrected chi connectivity index (χ1v) is 10.7. The average molecular weight is 410 g/mol. The third kappa shape index (κ3) is 13.3. The van der Waals surface area contributed by atoms with Gasteiger partial charge in [-0.3, -0.25) is 0 Å². The van der Waals surface area contributed by atoms with Crippen molar-refractivity contribution in [2.45, 2.75) is 62.0 Å². The summed E-state index contributed by atoms with van der Waals surface area (Å²) < 4.78 is 5.80. The van der Waals surface area contributed by atoms with E-state index in [1.165, 1.54) is 0 Å². The van der Waals surface area contributed by atoms with Gasteiger partial charge in [0, 0.05) is 5.22 Å². The Bertz CT molecular complexity index is 808. The maximum absolute atomic E-state index is 5.80. The van der Waals surface area contributed by atoms with Crippen LogP contribution in [-0.4, -0.2) is 4.98 Å². The van der Waals surface area contributed by atoms with Crippen LogP contribution in [0.5, 0.6) is 0 Å². The van der Waals surface area contributed by atoms with E-state index >= 15 is 0 Å². The first-order valence-electron chi connectivity index (χ1n) is 10.7. The predicted molar refractivity (Wildman–Crippen MR) is 138 cm³/mol. The van der Waals surface area contributed by atoms with Gasteiger partial charge in [-0.25, -0.2) is 4.98 Å². The van der Waals surface area contributed by atoms with Crippen LogP contribution in [0.2, 0.25) is 0 Å². The molecule has 30 heavy (non-hydrogen) atoms. The van der Waals surface area contributed by atoms with E-state index in [0.29, 0.717) is 6.61 Å². The van der Waals surface area contributed by atoms with Crippen molar-refractivity contribution >= 4 is 12.2 Å². The molecule has 2 heteroatoms. The summed E-state index contributed by atoms with van der Waals surface area (Å²) in [5, 5.41) is 1.85. The fourth-order valence-corrected chi connectivity index (χ4v) is 2.02. The zero-order valence-electron chi connectivity index (χ0n) is 20.6. The summed E-state index contributed by atoms with van der Waals surface area (Å²) in [4.78, 5) is 4.60. The maximum Gasteiger partial charge on any atom is 0.130 e.